The zero-order chi connectivity index (χ0) is 12.7. The Morgan fingerprint density at radius 2 is 2.18 bits per heavy atom. The third-order valence-corrected chi connectivity index (χ3v) is 2.67. The maximum Gasteiger partial charge on any atom is 0.233 e. The number of hydrogen-bond donors (Lipinski definition) is 1. The van der Waals surface area contributed by atoms with Gasteiger partial charge < -0.3 is 10.1 Å². The molecule has 0 aliphatic rings. The van der Waals surface area contributed by atoms with Gasteiger partial charge in [0.25, 0.3) is 0 Å². The summed E-state index contributed by atoms with van der Waals surface area (Å²) < 4.78 is 5.00. The molecule has 0 aliphatic carbocycles. The largest absolute Gasteiger partial charge is 0.480 e. The van der Waals surface area contributed by atoms with Gasteiger partial charge in [-0.05, 0) is 25.5 Å². The van der Waals surface area contributed by atoms with E-state index >= 15 is 0 Å². The van der Waals surface area contributed by atoms with E-state index in [9.17, 15) is 0 Å². The van der Waals surface area contributed by atoms with E-state index in [4.69, 9.17) is 4.74 Å². The number of nitrogens with one attached hydrogen (secondary N) is 1. The van der Waals surface area contributed by atoms with Crippen LogP contribution in [0.25, 0.3) is 0 Å². The van der Waals surface area contributed by atoms with Crippen LogP contribution in [-0.2, 0) is 0 Å². The lowest BCUT2D eigenvalue weighted by molar-refractivity contribution is 0.389. The third-order valence-electron chi connectivity index (χ3n) is 2.67. The summed E-state index contributed by atoms with van der Waals surface area (Å²) in [6.07, 6.45) is 1.89. The van der Waals surface area contributed by atoms with Crippen molar-refractivity contribution in [2.24, 2.45) is 0 Å². The first-order valence-electron chi connectivity index (χ1n) is 5.98. The van der Waals surface area contributed by atoms with Gasteiger partial charge in [-0.3, -0.25) is 0 Å². The van der Waals surface area contributed by atoms with Gasteiger partial charge in [-0.15, -0.1) is 5.10 Å². The molecule has 0 bridgehead atoms. The SMILES string of the molecule is C=C(CC)CC(NCC)c1ccc(OC)nn1. The van der Waals surface area contributed by atoms with E-state index in [1.54, 1.807) is 7.11 Å². The second kappa shape index (κ2) is 7.01. The Labute approximate surface area is 103 Å². The average molecular weight is 235 g/mol. The number of rotatable bonds is 7. The second-order valence-electron chi connectivity index (χ2n) is 3.92. The molecule has 1 aromatic heterocycles. The van der Waals surface area contributed by atoms with Crippen molar-refractivity contribution >= 4 is 0 Å². The minimum atomic E-state index is 0.186. The Kier molecular flexibility index (Phi) is 5.63. The summed E-state index contributed by atoms with van der Waals surface area (Å²) in [5, 5.41) is 11.6. The molecule has 0 saturated carbocycles. The van der Waals surface area contributed by atoms with Gasteiger partial charge in [-0.2, -0.15) is 5.10 Å². The van der Waals surface area contributed by atoms with Crippen LogP contribution in [0, 0.1) is 0 Å². The van der Waals surface area contributed by atoms with Crippen LogP contribution in [0.1, 0.15) is 38.4 Å². The Balaban J connectivity index is 2.77. The molecule has 0 spiro atoms. The van der Waals surface area contributed by atoms with Crippen LogP contribution in [0.3, 0.4) is 0 Å². The topological polar surface area (TPSA) is 47.0 Å². The summed E-state index contributed by atoms with van der Waals surface area (Å²) in [5.41, 5.74) is 2.15. The molecule has 0 aliphatic heterocycles. The maximum atomic E-state index is 5.00. The van der Waals surface area contributed by atoms with Crippen molar-refractivity contribution in [3.63, 3.8) is 0 Å². The quantitative estimate of drug-likeness (QED) is 0.738. The molecule has 1 heterocycles. The van der Waals surface area contributed by atoms with Gasteiger partial charge >= 0.3 is 0 Å². The van der Waals surface area contributed by atoms with Crippen LogP contribution < -0.4 is 10.1 Å². The Hall–Kier alpha value is -1.42. The Bertz CT molecular complexity index is 348. The highest BCUT2D eigenvalue weighted by Gasteiger charge is 2.13. The molecule has 0 saturated heterocycles. The summed E-state index contributed by atoms with van der Waals surface area (Å²) >= 11 is 0. The molecule has 1 N–H and O–H groups in total. The molecule has 0 fully saturated rings. The zero-order valence-electron chi connectivity index (χ0n) is 10.9. The number of nitrogens with zero attached hydrogens (tertiary/aromatic N) is 2. The molecule has 4 nitrogen and oxygen atoms in total. The lowest BCUT2D eigenvalue weighted by Gasteiger charge is -2.17. The number of methoxy groups -OCH3 is 1. The second-order valence-corrected chi connectivity index (χ2v) is 3.92. The molecule has 1 atom stereocenters. The summed E-state index contributed by atoms with van der Waals surface area (Å²) in [6.45, 7) is 9.14. The monoisotopic (exact) mass is 235 g/mol. The van der Waals surface area contributed by atoms with Crippen LogP contribution in [-0.4, -0.2) is 23.9 Å². The van der Waals surface area contributed by atoms with Crippen molar-refractivity contribution in [1.29, 1.82) is 0 Å². The fraction of sp³-hybridized carbons (Fsp3) is 0.538. The number of ether oxygens (including phenoxy) is 1. The highest BCUT2D eigenvalue weighted by molar-refractivity contribution is 5.16. The van der Waals surface area contributed by atoms with Crippen molar-refractivity contribution in [3.05, 3.63) is 30.0 Å². The smallest absolute Gasteiger partial charge is 0.233 e. The molecule has 0 aromatic carbocycles. The highest BCUT2D eigenvalue weighted by Crippen LogP contribution is 2.20. The molecular weight excluding hydrogens is 214 g/mol. The van der Waals surface area contributed by atoms with Crippen LogP contribution >= 0.6 is 0 Å². The first kappa shape index (κ1) is 13.6. The predicted molar refractivity (Wildman–Crippen MR) is 69.0 cm³/mol. The summed E-state index contributed by atoms with van der Waals surface area (Å²) in [7, 11) is 1.59. The predicted octanol–water partition coefficient (Wildman–Crippen LogP) is 2.49. The Morgan fingerprint density at radius 3 is 2.65 bits per heavy atom. The van der Waals surface area contributed by atoms with E-state index in [0.717, 1.165) is 25.1 Å². The summed E-state index contributed by atoms with van der Waals surface area (Å²) in [5.74, 6) is 0.540. The van der Waals surface area contributed by atoms with Gasteiger partial charge in [0.05, 0.1) is 18.8 Å². The van der Waals surface area contributed by atoms with E-state index < -0.39 is 0 Å². The maximum absolute atomic E-state index is 5.00. The van der Waals surface area contributed by atoms with Gasteiger partial charge in [-0.25, -0.2) is 0 Å². The first-order chi connectivity index (χ1) is 8.21. The van der Waals surface area contributed by atoms with Gasteiger partial charge in [-0.1, -0.05) is 26.0 Å². The zero-order valence-corrected chi connectivity index (χ0v) is 10.9. The van der Waals surface area contributed by atoms with Gasteiger partial charge in [0.2, 0.25) is 5.88 Å². The molecule has 0 amide bonds. The molecular formula is C13H21N3O. The Morgan fingerprint density at radius 1 is 1.41 bits per heavy atom. The van der Waals surface area contributed by atoms with Gasteiger partial charge in [0.15, 0.2) is 0 Å². The third kappa shape index (κ3) is 4.15. The minimum Gasteiger partial charge on any atom is -0.480 e. The van der Waals surface area contributed by atoms with Crippen LogP contribution in [0.5, 0.6) is 5.88 Å². The fourth-order valence-electron chi connectivity index (χ4n) is 1.59. The standard InChI is InChI=1S/C13H21N3O/c1-5-10(3)9-12(14-6-2)11-7-8-13(17-4)16-15-11/h7-8,12,14H,3,5-6,9H2,1-2,4H3. The van der Waals surface area contributed by atoms with Crippen molar-refractivity contribution in [2.75, 3.05) is 13.7 Å². The van der Waals surface area contributed by atoms with Crippen molar-refractivity contribution < 1.29 is 4.74 Å². The summed E-state index contributed by atoms with van der Waals surface area (Å²) in [6, 6.07) is 3.97. The average Bonchev–Trinajstić information content (AvgIpc) is 2.38. The molecule has 1 rings (SSSR count). The fourth-order valence-corrected chi connectivity index (χ4v) is 1.59. The molecule has 17 heavy (non-hydrogen) atoms. The first-order valence-corrected chi connectivity index (χ1v) is 5.98. The van der Waals surface area contributed by atoms with Gasteiger partial charge in [0, 0.05) is 6.07 Å². The highest BCUT2D eigenvalue weighted by atomic mass is 16.5. The molecule has 0 radical (unpaired) electrons. The van der Waals surface area contributed by atoms with Crippen molar-refractivity contribution in [1.82, 2.24) is 15.5 Å². The lowest BCUT2D eigenvalue weighted by Crippen LogP contribution is -2.22. The van der Waals surface area contributed by atoms with Crippen LogP contribution in [0.2, 0.25) is 0 Å². The van der Waals surface area contributed by atoms with Crippen molar-refractivity contribution in [3.8, 4) is 5.88 Å². The molecule has 94 valence electrons. The van der Waals surface area contributed by atoms with Crippen LogP contribution in [0.15, 0.2) is 24.3 Å². The molecule has 4 heteroatoms. The number of hydrogen-bond acceptors (Lipinski definition) is 4. The lowest BCUT2D eigenvalue weighted by atomic mass is 10.0. The normalized spacial score (nSPS) is 12.2. The van der Waals surface area contributed by atoms with E-state index in [2.05, 4.69) is 35.9 Å². The molecule has 1 aromatic rings. The van der Waals surface area contributed by atoms with Crippen molar-refractivity contribution in [2.45, 2.75) is 32.7 Å². The van der Waals surface area contributed by atoms with Gasteiger partial charge in [0.1, 0.15) is 0 Å². The van der Waals surface area contributed by atoms with E-state index in [1.165, 1.54) is 5.57 Å². The number of aromatic nitrogens is 2. The molecule has 1 unspecified atom stereocenters. The van der Waals surface area contributed by atoms with E-state index in [-0.39, 0.29) is 6.04 Å². The summed E-state index contributed by atoms with van der Waals surface area (Å²) in [4.78, 5) is 0. The minimum absolute atomic E-state index is 0.186. The van der Waals surface area contributed by atoms with E-state index in [1.807, 2.05) is 12.1 Å². The van der Waals surface area contributed by atoms with E-state index in [0.29, 0.717) is 5.88 Å². The van der Waals surface area contributed by atoms with Crippen LogP contribution in [0.4, 0.5) is 0 Å².